The molecule has 0 fully saturated rings. The van der Waals surface area contributed by atoms with Crippen LogP contribution in [0.5, 0.6) is 0 Å². The summed E-state index contributed by atoms with van der Waals surface area (Å²) in [4.78, 5) is 21.7. The Balaban J connectivity index is 1.65. The Morgan fingerprint density at radius 1 is 1.09 bits per heavy atom. The molecule has 33 heavy (non-hydrogen) atoms. The number of nitrogens with zero attached hydrogens (tertiary/aromatic N) is 5. The minimum absolute atomic E-state index is 0.208. The van der Waals surface area contributed by atoms with Crippen LogP contribution in [0.4, 0.5) is 11.5 Å². The maximum atomic E-state index is 12.9. The Hall–Kier alpha value is -3.50. The summed E-state index contributed by atoms with van der Waals surface area (Å²) in [5, 5.41) is 4.15. The Bertz CT molecular complexity index is 1460. The van der Waals surface area contributed by atoms with E-state index in [0.717, 1.165) is 29.3 Å². The van der Waals surface area contributed by atoms with Gasteiger partial charge in [0.1, 0.15) is 12.1 Å². The van der Waals surface area contributed by atoms with Gasteiger partial charge in [-0.25, -0.2) is 27.5 Å². The number of hydrogen-bond donors (Lipinski definition) is 1. The monoisotopic (exact) mass is 466 g/mol. The summed E-state index contributed by atoms with van der Waals surface area (Å²) in [5.74, 6) is 0.650. The molecule has 0 amide bonds. The standard InChI is InChI=1S/C23H26N6O3S/c1-4-17-6-5-7-18(14-17)26-22-20-15-19(8-9-21(20)24-16-25-22)29-13-12-28(23(29)30)11-10-27(2)33(3,31)32/h5-9,12-16H,4,10-11H2,1-3H3,(H,24,25,26). The SMILES string of the molecule is CCc1cccc(Nc2ncnc3ccc(-n4ccn(CCN(C)S(C)(=O)=O)c4=O)cc23)c1. The Morgan fingerprint density at radius 3 is 2.67 bits per heavy atom. The van der Waals surface area contributed by atoms with Crippen molar-refractivity contribution < 1.29 is 8.42 Å². The van der Waals surface area contributed by atoms with Crippen LogP contribution in [-0.2, 0) is 23.0 Å². The highest BCUT2D eigenvalue weighted by atomic mass is 32.2. The van der Waals surface area contributed by atoms with Crippen molar-refractivity contribution in [3.8, 4) is 5.69 Å². The van der Waals surface area contributed by atoms with Gasteiger partial charge in [-0.2, -0.15) is 0 Å². The normalized spacial score (nSPS) is 11.9. The van der Waals surface area contributed by atoms with E-state index in [9.17, 15) is 13.2 Å². The first-order chi connectivity index (χ1) is 15.8. The topological polar surface area (TPSA) is 102 Å². The van der Waals surface area contributed by atoms with Crippen molar-refractivity contribution in [1.82, 2.24) is 23.4 Å². The molecule has 2 heterocycles. The maximum Gasteiger partial charge on any atom is 0.332 e. The molecule has 0 saturated heterocycles. The minimum atomic E-state index is -3.30. The zero-order chi connectivity index (χ0) is 23.6. The van der Waals surface area contributed by atoms with E-state index >= 15 is 0 Å². The summed E-state index contributed by atoms with van der Waals surface area (Å²) in [5.41, 5.74) is 3.32. The van der Waals surface area contributed by atoms with Gasteiger partial charge in [-0.15, -0.1) is 0 Å². The molecule has 0 aliphatic rings. The number of nitrogens with one attached hydrogen (secondary N) is 1. The highest BCUT2D eigenvalue weighted by molar-refractivity contribution is 7.88. The van der Waals surface area contributed by atoms with Crippen LogP contribution in [0.1, 0.15) is 12.5 Å². The number of aryl methyl sites for hydroxylation is 1. The van der Waals surface area contributed by atoms with Gasteiger partial charge in [-0.05, 0) is 42.3 Å². The summed E-state index contributed by atoms with van der Waals surface area (Å²) >= 11 is 0. The van der Waals surface area contributed by atoms with Crippen molar-refractivity contribution in [3.05, 3.63) is 77.2 Å². The van der Waals surface area contributed by atoms with Crippen LogP contribution in [0, 0.1) is 0 Å². The van der Waals surface area contributed by atoms with E-state index < -0.39 is 10.0 Å². The summed E-state index contributed by atoms with van der Waals surface area (Å²) in [6, 6.07) is 13.7. The van der Waals surface area contributed by atoms with Crippen molar-refractivity contribution in [2.24, 2.45) is 0 Å². The van der Waals surface area contributed by atoms with Crippen LogP contribution in [0.2, 0.25) is 0 Å². The van der Waals surface area contributed by atoms with Crippen LogP contribution in [0.15, 0.2) is 66.0 Å². The first-order valence-electron chi connectivity index (χ1n) is 10.6. The van der Waals surface area contributed by atoms with Crippen LogP contribution < -0.4 is 11.0 Å². The number of hydrogen-bond acceptors (Lipinski definition) is 6. The molecule has 4 rings (SSSR count). The van der Waals surface area contributed by atoms with E-state index in [2.05, 4.69) is 34.3 Å². The molecule has 0 aliphatic heterocycles. The number of aromatic nitrogens is 4. The molecule has 1 N–H and O–H groups in total. The lowest BCUT2D eigenvalue weighted by atomic mass is 10.1. The molecular formula is C23H26N6O3S. The van der Waals surface area contributed by atoms with Gasteiger partial charge in [0.25, 0.3) is 0 Å². The van der Waals surface area contributed by atoms with Gasteiger partial charge >= 0.3 is 5.69 Å². The van der Waals surface area contributed by atoms with Gasteiger partial charge in [0, 0.05) is 43.6 Å². The molecule has 10 heteroatoms. The fourth-order valence-electron chi connectivity index (χ4n) is 3.49. The van der Waals surface area contributed by atoms with Crippen molar-refractivity contribution in [3.63, 3.8) is 0 Å². The predicted molar refractivity (Wildman–Crippen MR) is 130 cm³/mol. The molecule has 0 radical (unpaired) electrons. The van der Waals surface area contributed by atoms with Gasteiger partial charge in [0.2, 0.25) is 10.0 Å². The smallest absolute Gasteiger partial charge is 0.332 e. The third kappa shape index (κ3) is 4.96. The molecule has 0 aliphatic carbocycles. The Kier molecular flexibility index (Phi) is 6.30. The molecule has 2 aromatic carbocycles. The van der Waals surface area contributed by atoms with E-state index in [-0.39, 0.29) is 18.8 Å². The first-order valence-corrected chi connectivity index (χ1v) is 12.4. The number of sulfonamides is 1. The molecule has 4 aromatic rings. The van der Waals surface area contributed by atoms with Crippen LogP contribution in [0.25, 0.3) is 16.6 Å². The van der Waals surface area contributed by atoms with Crippen molar-refractivity contribution in [2.75, 3.05) is 25.2 Å². The molecular weight excluding hydrogens is 440 g/mol. The molecule has 0 atom stereocenters. The number of benzene rings is 2. The summed E-state index contributed by atoms with van der Waals surface area (Å²) < 4.78 is 27.4. The summed E-state index contributed by atoms with van der Waals surface area (Å²) in [6.07, 6.45) is 6.91. The number of rotatable bonds is 8. The lowest BCUT2D eigenvalue weighted by Gasteiger charge is -2.13. The second-order valence-corrected chi connectivity index (χ2v) is 9.92. The summed E-state index contributed by atoms with van der Waals surface area (Å²) in [7, 11) is -1.81. The van der Waals surface area contributed by atoms with Gasteiger partial charge in [0.15, 0.2) is 0 Å². The highest BCUT2D eigenvalue weighted by Crippen LogP contribution is 2.25. The highest BCUT2D eigenvalue weighted by Gasteiger charge is 2.13. The van der Waals surface area contributed by atoms with Crippen molar-refractivity contribution >= 4 is 32.4 Å². The molecule has 9 nitrogen and oxygen atoms in total. The summed E-state index contributed by atoms with van der Waals surface area (Å²) in [6.45, 7) is 2.57. The third-order valence-electron chi connectivity index (χ3n) is 5.56. The van der Waals surface area contributed by atoms with Gasteiger partial charge in [-0.1, -0.05) is 19.1 Å². The van der Waals surface area contributed by atoms with Crippen LogP contribution >= 0.6 is 0 Å². The molecule has 0 saturated carbocycles. The van der Waals surface area contributed by atoms with Gasteiger partial charge < -0.3 is 5.32 Å². The molecule has 172 valence electrons. The molecule has 0 spiro atoms. The fourth-order valence-corrected chi connectivity index (χ4v) is 3.91. The first kappa shape index (κ1) is 22.7. The lowest BCUT2D eigenvalue weighted by molar-refractivity contribution is 0.445. The largest absolute Gasteiger partial charge is 0.340 e. The van der Waals surface area contributed by atoms with E-state index in [0.29, 0.717) is 11.5 Å². The zero-order valence-electron chi connectivity index (χ0n) is 18.8. The number of likely N-dealkylation sites (N-methyl/N-ethyl adjacent to an activating group) is 1. The average Bonchev–Trinajstić information content (AvgIpc) is 3.17. The van der Waals surface area contributed by atoms with Crippen molar-refractivity contribution in [2.45, 2.75) is 19.9 Å². The molecule has 0 unspecified atom stereocenters. The number of fused-ring (bicyclic) bond motifs is 1. The quantitative estimate of drug-likeness (QED) is 0.428. The van der Waals surface area contributed by atoms with E-state index in [4.69, 9.17) is 0 Å². The van der Waals surface area contributed by atoms with E-state index in [1.165, 1.54) is 32.4 Å². The third-order valence-corrected chi connectivity index (χ3v) is 6.88. The van der Waals surface area contributed by atoms with E-state index in [1.54, 1.807) is 12.4 Å². The van der Waals surface area contributed by atoms with Crippen LogP contribution in [0.3, 0.4) is 0 Å². The Morgan fingerprint density at radius 2 is 1.91 bits per heavy atom. The fraction of sp³-hybridized carbons (Fsp3) is 0.261. The van der Waals surface area contributed by atoms with Gasteiger partial charge in [0.05, 0.1) is 17.5 Å². The second-order valence-electron chi connectivity index (χ2n) is 7.83. The minimum Gasteiger partial charge on any atom is -0.340 e. The number of imidazole rings is 1. The predicted octanol–water partition coefficient (Wildman–Crippen LogP) is 2.78. The molecule has 0 bridgehead atoms. The second kappa shape index (κ2) is 9.16. The van der Waals surface area contributed by atoms with Crippen molar-refractivity contribution in [1.29, 1.82) is 0 Å². The molecule has 2 aromatic heterocycles. The lowest BCUT2D eigenvalue weighted by Crippen LogP contribution is -2.32. The van der Waals surface area contributed by atoms with E-state index in [1.807, 2.05) is 30.3 Å². The maximum absolute atomic E-state index is 12.9. The zero-order valence-corrected chi connectivity index (χ0v) is 19.6. The Labute approximate surface area is 192 Å². The van der Waals surface area contributed by atoms with Gasteiger partial charge in [-0.3, -0.25) is 9.13 Å². The average molecular weight is 467 g/mol. The van der Waals surface area contributed by atoms with Crippen LogP contribution in [-0.4, -0.2) is 51.7 Å². The number of anilines is 2.